The van der Waals surface area contributed by atoms with Crippen molar-refractivity contribution in [2.75, 3.05) is 0 Å². The van der Waals surface area contributed by atoms with Crippen LogP contribution in [0.25, 0.3) is 89.5 Å². The van der Waals surface area contributed by atoms with Gasteiger partial charge in [-0.05, 0) is 27.8 Å². The fourth-order valence-corrected chi connectivity index (χ4v) is 9.21. The van der Waals surface area contributed by atoms with Crippen molar-refractivity contribution in [1.29, 1.82) is 0 Å². The van der Waals surface area contributed by atoms with Crippen LogP contribution in [-0.4, -0.2) is 101 Å². The van der Waals surface area contributed by atoms with Crippen molar-refractivity contribution >= 4 is 168 Å². The Morgan fingerprint density at radius 1 is 0.267 bits per heavy atom. The Balaban J connectivity index is 1.34. The third-order valence-electron chi connectivity index (χ3n) is 13.7. The van der Waals surface area contributed by atoms with E-state index in [9.17, 15) is 0 Å². The Morgan fingerprint density at radius 3 is 1.10 bits per heavy atom. The van der Waals surface area contributed by atoms with Crippen molar-refractivity contribution in [2.45, 2.75) is 0 Å². The molecule has 0 amide bonds. The van der Waals surface area contributed by atoms with E-state index in [4.69, 9.17) is 19.4 Å². The molecule has 9 aromatic rings. The van der Waals surface area contributed by atoms with Crippen LogP contribution in [0.2, 0.25) is 0 Å². The minimum atomic E-state index is 0.626. The fraction of sp³-hybridized carbons (Fsp3) is 0. The Morgan fingerprint density at radius 2 is 0.617 bits per heavy atom. The van der Waals surface area contributed by atoms with E-state index in [0.717, 1.165) is 60.7 Å². The van der Waals surface area contributed by atoms with Gasteiger partial charge in [-0.3, -0.25) is 0 Å². The zero-order valence-electron chi connectivity index (χ0n) is 36.6. The summed E-state index contributed by atoms with van der Waals surface area (Å²) >= 11 is 0. The first-order chi connectivity index (χ1) is 28.8. The summed E-state index contributed by atoms with van der Waals surface area (Å²) in [5.74, 6) is 1.89. The second kappa shape index (κ2) is 15.3. The lowest BCUT2D eigenvalue weighted by Gasteiger charge is -2.23. The number of benzene rings is 7. The molecule has 0 saturated heterocycles. The van der Waals surface area contributed by atoms with Crippen LogP contribution in [0.5, 0.6) is 0 Å². The Kier molecular flexibility index (Phi) is 10.1. The lowest BCUT2D eigenvalue weighted by atomic mass is 9.58. The summed E-state index contributed by atoms with van der Waals surface area (Å²) in [5, 5.41) is 2.19. The average Bonchev–Trinajstić information content (AvgIpc) is 3.68. The summed E-state index contributed by atoms with van der Waals surface area (Å²) in [6, 6.07) is 38.0. The zero-order valence-corrected chi connectivity index (χ0v) is 36.6. The predicted octanol–water partition coefficient (Wildman–Crippen LogP) is -7.38. The van der Waals surface area contributed by atoms with Gasteiger partial charge in [-0.1, -0.05) is 153 Å². The van der Waals surface area contributed by atoms with E-state index in [0.29, 0.717) is 17.5 Å². The second-order valence-electron chi connectivity index (χ2n) is 16.7. The molecule has 60 heavy (non-hydrogen) atoms. The molecule has 0 N–H and O–H groups in total. The van der Waals surface area contributed by atoms with Gasteiger partial charge < -0.3 is 4.42 Å². The molecule has 0 fully saturated rings. The first-order valence-corrected chi connectivity index (χ1v) is 21.0. The summed E-state index contributed by atoms with van der Waals surface area (Å²) in [6.45, 7) is 0. The van der Waals surface area contributed by atoms with E-state index in [1.165, 1.54) is 71.4 Å². The van der Waals surface area contributed by atoms with Gasteiger partial charge in [0, 0.05) is 33.0 Å². The highest BCUT2D eigenvalue weighted by Crippen LogP contribution is 2.37. The van der Waals surface area contributed by atoms with Crippen LogP contribution in [0.4, 0.5) is 0 Å². The van der Waals surface area contributed by atoms with Crippen molar-refractivity contribution in [3.8, 4) is 67.5 Å². The van der Waals surface area contributed by atoms with Gasteiger partial charge in [0.05, 0.1) is 0 Å². The van der Waals surface area contributed by atoms with Gasteiger partial charge in [0.25, 0.3) is 0 Å². The lowest BCUT2D eigenvalue weighted by molar-refractivity contribution is 0.673. The number of rotatable bonds is 6. The molecule has 2 heterocycles. The summed E-state index contributed by atoms with van der Waals surface area (Å²) in [4.78, 5) is 16.0. The summed E-state index contributed by atoms with van der Waals surface area (Å²) in [6.07, 6.45) is 0. The van der Waals surface area contributed by atoms with Crippen molar-refractivity contribution < 1.29 is 4.42 Å². The summed E-state index contributed by atoms with van der Waals surface area (Å²) < 4.78 is 7.27. The number of hydrogen-bond acceptors (Lipinski definition) is 4. The van der Waals surface area contributed by atoms with Gasteiger partial charge >= 0.3 is 0 Å². The van der Waals surface area contributed by atoms with Crippen LogP contribution in [-0.2, 0) is 0 Å². The standard InChI is InChI=1S/C45H40B11N3O/c46-30-26(31(47)37(53)39(55)36(30)52)28-33(49)35(51)32(48)27-25-29(34(50)38(54)40(56)42(25)60-41(27)28)45-58-43(23-15-11-21(12-16-23)19-7-3-1-4-8-19)57-44(59-45)24-17-13-22(14-18-24)20-9-5-2-6-10-20/h1-18H,46-56H2. The van der Waals surface area contributed by atoms with E-state index in [1.54, 1.807) is 0 Å². The van der Waals surface area contributed by atoms with Crippen LogP contribution < -0.4 is 60.1 Å². The highest BCUT2D eigenvalue weighted by atomic mass is 16.3. The van der Waals surface area contributed by atoms with Gasteiger partial charge in [-0.2, -0.15) is 0 Å². The van der Waals surface area contributed by atoms with Gasteiger partial charge in [0.1, 0.15) is 97.5 Å². The molecule has 7 aromatic carbocycles. The van der Waals surface area contributed by atoms with Crippen LogP contribution in [0, 0.1) is 0 Å². The normalized spacial score (nSPS) is 11.4. The SMILES string of the molecule is Bc1c(B)c(B)c(-c2c(B)c(B)c(B)c3c2oc2c(B)c(B)c(B)c(-c4nc(-c5ccc(-c6ccccc6)cc5)nc(-c5ccc(-c6ccccc6)cc5)n4)c23)c(B)c1B. The van der Waals surface area contributed by atoms with Gasteiger partial charge in [0.2, 0.25) is 0 Å². The molecule has 0 aliphatic carbocycles. The van der Waals surface area contributed by atoms with Crippen molar-refractivity contribution in [3.63, 3.8) is 0 Å². The molecule has 4 nitrogen and oxygen atoms in total. The predicted molar refractivity (Wildman–Crippen MR) is 290 cm³/mol. The summed E-state index contributed by atoms with van der Waals surface area (Å²) in [5.41, 5.74) is 25.5. The van der Waals surface area contributed by atoms with Gasteiger partial charge in [0.15, 0.2) is 17.5 Å². The number of furan rings is 1. The first-order valence-electron chi connectivity index (χ1n) is 21.0. The molecule has 0 aliphatic rings. The molecule has 0 bridgehead atoms. The molecular weight excluding hydrogens is 717 g/mol. The topological polar surface area (TPSA) is 51.8 Å². The molecule has 0 saturated carbocycles. The molecule has 2 aromatic heterocycles. The van der Waals surface area contributed by atoms with E-state index >= 15 is 0 Å². The molecule has 15 heteroatoms. The monoisotopic (exact) mass is 759 g/mol. The van der Waals surface area contributed by atoms with Gasteiger partial charge in [-0.15, -0.1) is 16.4 Å². The highest BCUT2D eigenvalue weighted by Gasteiger charge is 2.28. The molecule has 0 aliphatic heterocycles. The third-order valence-corrected chi connectivity index (χ3v) is 13.7. The Labute approximate surface area is 362 Å². The maximum Gasteiger partial charge on any atom is 0.164 e. The second-order valence-corrected chi connectivity index (χ2v) is 16.7. The smallest absolute Gasteiger partial charge is 0.164 e. The maximum absolute atomic E-state index is 7.27. The molecule has 0 atom stereocenters. The van der Waals surface area contributed by atoms with E-state index in [2.05, 4.69) is 183 Å². The van der Waals surface area contributed by atoms with Crippen LogP contribution in [0.15, 0.2) is 114 Å². The van der Waals surface area contributed by atoms with Crippen molar-refractivity contribution in [1.82, 2.24) is 15.0 Å². The van der Waals surface area contributed by atoms with E-state index < -0.39 is 0 Å². The Hall–Kier alpha value is -5.94. The van der Waals surface area contributed by atoms with Gasteiger partial charge in [-0.25, -0.2) is 15.0 Å². The number of hydrogen-bond donors (Lipinski definition) is 0. The molecule has 274 valence electrons. The highest BCUT2D eigenvalue weighted by molar-refractivity contribution is 6.71. The minimum Gasteiger partial charge on any atom is -0.456 e. The molecule has 0 radical (unpaired) electrons. The van der Waals surface area contributed by atoms with Crippen molar-refractivity contribution in [3.05, 3.63) is 109 Å². The maximum atomic E-state index is 7.27. The number of fused-ring (bicyclic) bond motifs is 3. The molecule has 0 spiro atoms. The minimum absolute atomic E-state index is 0.626. The molecule has 0 unspecified atom stereocenters. The Bertz CT molecular complexity index is 3060. The van der Waals surface area contributed by atoms with Crippen LogP contribution in [0.1, 0.15) is 0 Å². The zero-order chi connectivity index (χ0) is 42.1. The summed E-state index contributed by atoms with van der Waals surface area (Å²) in [7, 11) is 24.6. The van der Waals surface area contributed by atoms with E-state index in [1.807, 2.05) is 12.1 Å². The third kappa shape index (κ3) is 6.36. The molecular formula is C45H40B11N3O. The average molecular weight is 758 g/mol. The van der Waals surface area contributed by atoms with Crippen LogP contribution >= 0.6 is 0 Å². The van der Waals surface area contributed by atoms with E-state index in [-0.39, 0.29) is 0 Å². The first kappa shape index (κ1) is 39.5. The molecule has 9 rings (SSSR count). The van der Waals surface area contributed by atoms with Crippen LogP contribution in [0.3, 0.4) is 0 Å². The quantitative estimate of drug-likeness (QED) is 0.159. The number of aromatic nitrogens is 3. The fourth-order valence-electron chi connectivity index (χ4n) is 9.21. The largest absolute Gasteiger partial charge is 0.456 e. The lowest BCUT2D eigenvalue weighted by Crippen LogP contribution is -2.56. The number of nitrogens with zero attached hydrogens (tertiary/aromatic N) is 3. The van der Waals surface area contributed by atoms with Crippen molar-refractivity contribution in [2.24, 2.45) is 0 Å².